The summed E-state index contributed by atoms with van der Waals surface area (Å²) in [7, 11) is 0. The maximum Gasteiger partial charge on any atom is 0.239 e. The van der Waals surface area contributed by atoms with Crippen molar-refractivity contribution in [2.75, 3.05) is 10.7 Å². The number of hydrogen-bond donors (Lipinski definition) is 0. The SMILES string of the molecule is Cc1ccccc1C1SCC(=O)N1c1ccccn1. The molecule has 0 saturated carbocycles. The summed E-state index contributed by atoms with van der Waals surface area (Å²) in [5, 5.41) is 0.0311. The molecule has 0 aliphatic carbocycles. The Labute approximate surface area is 116 Å². The Morgan fingerprint density at radius 2 is 2.00 bits per heavy atom. The fourth-order valence-electron chi connectivity index (χ4n) is 2.26. The summed E-state index contributed by atoms with van der Waals surface area (Å²) in [5.41, 5.74) is 2.39. The third-order valence-corrected chi connectivity index (χ3v) is 4.41. The molecule has 0 bridgehead atoms. The third-order valence-electron chi connectivity index (χ3n) is 3.22. The zero-order chi connectivity index (χ0) is 13.2. The van der Waals surface area contributed by atoms with E-state index in [4.69, 9.17) is 0 Å². The summed E-state index contributed by atoms with van der Waals surface area (Å²) in [5.74, 6) is 1.36. The van der Waals surface area contributed by atoms with Gasteiger partial charge in [-0.1, -0.05) is 30.3 Å². The van der Waals surface area contributed by atoms with Gasteiger partial charge in [0.15, 0.2) is 0 Å². The molecule has 1 unspecified atom stereocenters. The van der Waals surface area contributed by atoms with Gasteiger partial charge >= 0.3 is 0 Å². The Hall–Kier alpha value is -1.81. The average Bonchev–Trinajstić information content (AvgIpc) is 2.82. The molecule has 2 heterocycles. The maximum atomic E-state index is 12.1. The minimum atomic E-state index is 0.0311. The van der Waals surface area contributed by atoms with Gasteiger partial charge in [0.05, 0.1) is 5.75 Å². The molecule has 0 radical (unpaired) electrons. The minimum Gasteiger partial charge on any atom is -0.279 e. The summed E-state index contributed by atoms with van der Waals surface area (Å²) in [6.45, 7) is 2.08. The van der Waals surface area contributed by atoms with E-state index in [1.165, 1.54) is 11.1 Å². The lowest BCUT2D eigenvalue weighted by atomic mass is 10.1. The first-order valence-electron chi connectivity index (χ1n) is 6.17. The summed E-state index contributed by atoms with van der Waals surface area (Å²) in [6.07, 6.45) is 1.72. The average molecular weight is 270 g/mol. The van der Waals surface area contributed by atoms with E-state index in [1.807, 2.05) is 30.3 Å². The van der Waals surface area contributed by atoms with Gasteiger partial charge in [0.1, 0.15) is 11.2 Å². The van der Waals surface area contributed by atoms with E-state index < -0.39 is 0 Å². The highest BCUT2D eigenvalue weighted by Gasteiger charge is 2.35. The number of rotatable bonds is 2. The van der Waals surface area contributed by atoms with Crippen molar-refractivity contribution >= 4 is 23.5 Å². The summed E-state index contributed by atoms with van der Waals surface area (Å²) < 4.78 is 0. The highest BCUT2D eigenvalue weighted by molar-refractivity contribution is 8.00. The van der Waals surface area contributed by atoms with Gasteiger partial charge in [-0.3, -0.25) is 9.69 Å². The smallest absolute Gasteiger partial charge is 0.239 e. The predicted molar refractivity (Wildman–Crippen MR) is 78.1 cm³/mol. The van der Waals surface area contributed by atoms with Crippen molar-refractivity contribution in [2.45, 2.75) is 12.3 Å². The fraction of sp³-hybridized carbons (Fsp3) is 0.200. The van der Waals surface area contributed by atoms with E-state index in [0.717, 1.165) is 5.82 Å². The second kappa shape index (κ2) is 5.05. The van der Waals surface area contributed by atoms with Gasteiger partial charge in [0.2, 0.25) is 5.91 Å². The second-order valence-corrected chi connectivity index (χ2v) is 5.54. The molecule has 1 aliphatic rings. The molecule has 0 N–H and O–H groups in total. The van der Waals surface area contributed by atoms with E-state index in [0.29, 0.717) is 5.75 Å². The van der Waals surface area contributed by atoms with Gasteiger partial charge < -0.3 is 0 Å². The first kappa shape index (κ1) is 12.2. The van der Waals surface area contributed by atoms with Crippen molar-refractivity contribution in [1.29, 1.82) is 0 Å². The van der Waals surface area contributed by atoms with Gasteiger partial charge in [-0.2, -0.15) is 0 Å². The predicted octanol–water partition coefficient (Wildman–Crippen LogP) is 3.17. The number of carbonyl (C=O) groups is 1. The molecule has 1 aliphatic heterocycles. The van der Waals surface area contributed by atoms with E-state index in [9.17, 15) is 4.79 Å². The van der Waals surface area contributed by atoms with E-state index in [1.54, 1.807) is 22.9 Å². The standard InChI is InChI=1S/C15H14N2OS/c1-11-6-2-3-7-12(11)15-17(14(18)10-19-15)13-8-4-5-9-16-13/h2-9,15H,10H2,1H3. The number of amides is 1. The van der Waals surface area contributed by atoms with Crippen molar-refractivity contribution in [3.05, 3.63) is 59.8 Å². The number of benzene rings is 1. The molecule has 19 heavy (non-hydrogen) atoms. The van der Waals surface area contributed by atoms with Crippen LogP contribution in [0.1, 0.15) is 16.5 Å². The van der Waals surface area contributed by atoms with Crippen LogP contribution in [0.25, 0.3) is 0 Å². The van der Waals surface area contributed by atoms with Crippen molar-refractivity contribution in [3.8, 4) is 0 Å². The summed E-state index contributed by atoms with van der Waals surface area (Å²) >= 11 is 1.66. The van der Waals surface area contributed by atoms with Crippen molar-refractivity contribution in [1.82, 2.24) is 4.98 Å². The van der Waals surface area contributed by atoms with Gasteiger partial charge in [-0.25, -0.2) is 4.98 Å². The fourth-order valence-corrected chi connectivity index (χ4v) is 3.52. The molecule has 1 amide bonds. The normalized spacial score (nSPS) is 18.9. The molecule has 2 aromatic rings. The Morgan fingerprint density at radius 3 is 2.74 bits per heavy atom. The lowest BCUT2D eigenvalue weighted by Crippen LogP contribution is -2.28. The van der Waals surface area contributed by atoms with Crippen LogP contribution >= 0.6 is 11.8 Å². The Kier molecular flexibility index (Phi) is 3.25. The number of nitrogens with zero attached hydrogens (tertiary/aromatic N) is 2. The maximum absolute atomic E-state index is 12.1. The third kappa shape index (κ3) is 2.24. The highest BCUT2D eigenvalue weighted by Crippen LogP contribution is 2.41. The lowest BCUT2D eigenvalue weighted by Gasteiger charge is -2.24. The highest BCUT2D eigenvalue weighted by atomic mass is 32.2. The second-order valence-electron chi connectivity index (χ2n) is 4.47. The molecule has 4 heteroatoms. The van der Waals surface area contributed by atoms with Gasteiger partial charge in [-0.05, 0) is 30.2 Å². The monoisotopic (exact) mass is 270 g/mol. The van der Waals surface area contributed by atoms with Crippen LogP contribution in [0.5, 0.6) is 0 Å². The van der Waals surface area contributed by atoms with Crippen LogP contribution in [0.2, 0.25) is 0 Å². The molecular formula is C15H14N2OS. The Bertz CT molecular complexity index is 600. The van der Waals surface area contributed by atoms with E-state index in [-0.39, 0.29) is 11.3 Å². The largest absolute Gasteiger partial charge is 0.279 e. The van der Waals surface area contributed by atoms with Gasteiger partial charge in [0.25, 0.3) is 0 Å². The van der Waals surface area contributed by atoms with E-state index in [2.05, 4.69) is 24.0 Å². The van der Waals surface area contributed by atoms with Crippen LogP contribution < -0.4 is 4.90 Å². The Morgan fingerprint density at radius 1 is 1.21 bits per heavy atom. The van der Waals surface area contributed by atoms with E-state index >= 15 is 0 Å². The van der Waals surface area contributed by atoms with Gasteiger partial charge in [-0.15, -0.1) is 11.8 Å². The molecule has 3 nitrogen and oxygen atoms in total. The van der Waals surface area contributed by atoms with Crippen molar-refractivity contribution in [2.24, 2.45) is 0 Å². The lowest BCUT2D eigenvalue weighted by molar-refractivity contribution is -0.115. The minimum absolute atomic E-state index is 0.0311. The molecule has 3 rings (SSSR count). The van der Waals surface area contributed by atoms with Crippen LogP contribution in [0.15, 0.2) is 48.7 Å². The number of pyridine rings is 1. The van der Waals surface area contributed by atoms with Crippen LogP contribution in [-0.2, 0) is 4.79 Å². The molecule has 1 saturated heterocycles. The molecular weight excluding hydrogens is 256 g/mol. The van der Waals surface area contributed by atoms with Crippen LogP contribution in [-0.4, -0.2) is 16.6 Å². The number of hydrogen-bond acceptors (Lipinski definition) is 3. The molecule has 96 valence electrons. The summed E-state index contributed by atoms with van der Waals surface area (Å²) in [6, 6.07) is 13.9. The molecule has 0 spiro atoms. The number of thioether (sulfide) groups is 1. The number of aryl methyl sites for hydroxylation is 1. The molecule has 1 aromatic heterocycles. The van der Waals surface area contributed by atoms with Crippen molar-refractivity contribution in [3.63, 3.8) is 0 Å². The first-order valence-corrected chi connectivity index (χ1v) is 7.22. The first-order chi connectivity index (χ1) is 9.27. The van der Waals surface area contributed by atoms with Gasteiger partial charge in [0, 0.05) is 6.20 Å². The number of carbonyl (C=O) groups excluding carboxylic acids is 1. The molecule has 1 aromatic carbocycles. The van der Waals surface area contributed by atoms with Crippen LogP contribution in [0.4, 0.5) is 5.82 Å². The van der Waals surface area contributed by atoms with Crippen LogP contribution in [0, 0.1) is 6.92 Å². The number of anilines is 1. The number of aromatic nitrogens is 1. The Balaban J connectivity index is 2.02. The topological polar surface area (TPSA) is 33.2 Å². The van der Waals surface area contributed by atoms with Crippen LogP contribution in [0.3, 0.4) is 0 Å². The van der Waals surface area contributed by atoms with Crippen molar-refractivity contribution < 1.29 is 4.79 Å². The zero-order valence-corrected chi connectivity index (χ0v) is 11.4. The summed E-state index contributed by atoms with van der Waals surface area (Å²) in [4.78, 5) is 18.2. The molecule has 1 fully saturated rings. The molecule has 1 atom stereocenters. The quantitative estimate of drug-likeness (QED) is 0.840. The zero-order valence-electron chi connectivity index (χ0n) is 10.6.